The average Bonchev–Trinajstić information content (AvgIpc) is 0.811. The van der Waals surface area contributed by atoms with Crippen LogP contribution in [0.1, 0.15) is 2.85 Å². The van der Waals surface area contributed by atoms with Gasteiger partial charge in [0.2, 0.25) is 0 Å². The van der Waals surface area contributed by atoms with Crippen molar-refractivity contribution >= 4 is 30.4 Å². The first-order valence-electron chi connectivity index (χ1n) is 0.775. The summed E-state index contributed by atoms with van der Waals surface area (Å²) >= 11 is 0. The minimum Gasteiger partial charge on any atom is -1.00 e. The molecule has 7 heteroatoms. The molecule has 0 fully saturated rings. The Morgan fingerprint density at radius 2 is 1.14 bits per heavy atom. The molecular formula is H5BCeGdMgO3. The number of hydrogen-bond acceptors (Lipinski definition) is 3. The van der Waals surface area contributed by atoms with Crippen LogP contribution in [-0.4, -0.2) is 45.4 Å². The van der Waals surface area contributed by atoms with Crippen LogP contribution in [0.25, 0.3) is 0 Å². The molecule has 0 aliphatic rings. The van der Waals surface area contributed by atoms with Gasteiger partial charge in [-0.05, 0) is 0 Å². The number of hydrogen-bond donors (Lipinski definition) is 3. The first-order valence-corrected chi connectivity index (χ1v) is 0.775. The van der Waals surface area contributed by atoms with Crippen LogP contribution in [0.15, 0.2) is 0 Å². The standard InChI is InChI=1S/BH3O3.Ce.Gd.Mg.2H/c2-1(3)4;;;;;/h2-4H;;;;;/q;;;+2;2*-1. The molecule has 3 nitrogen and oxygen atoms in total. The zero-order valence-electron chi connectivity index (χ0n) is 5.48. The van der Waals surface area contributed by atoms with Crippen LogP contribution in [0, 0.1) is 81.7 Å². The molecule has 0 bridgehead atoms. The topological polar surface area (TPSA) is 60.7 Å². The minimum atomic E-state index is -2.17. The van der Waals surface area contributed by atoms with Crippen molar-refractivity contribution in [2.24, 2.45) is 0 Å². The van der Waals surface area contributed by atoms with Gasteiger partial charge in [-0.3, -0.25) is 0 Å². The molecule has 0 atom stereocenters. The van der Waals surface area contributed by atoms with Crippen LogP contribution in [-0.2, 0) is 0 Å². The van der Waals surface area contributed by atoms with Gasteiger partial charge in [-0.25, -0.2) is 0 Å². The summed E-state index contributed by atoms with van der Waals surface area (Å²) in [6, 6.07) is 0. The second kappa shape index (κ2) is 16.2. The molecule has 0 aromatic heterocycles. The Morgan fingerprint density at radius 1 is 1.14 bits per heavy atom. The van der Waals surface area contributed by atoms with Gasteiger partial charge in [0.25, 0.3) is 0 Å². The molecule has 0 aromatic carbocycles. The summed E-state index contributed by atoms with van der Waals surface area (Å²) in [6.07, 6.45) is 0. The quantitative estimate of drug-likeness (QED) is 0.415. The third-order valence-electron chi connectivity index (χ3n) is 0. The van der Waals surface area contributed by atoms with Crippen molar-refractivity contribution in [3.8, 4) is 0 Å². The van der Waals surface area contributed by atoms with Crippen LogP contribution >= 0.6 is 0 Å². The van der Waals surface area contributed by atoms with E-state index in [0.29, 0.717) is 0 Å². The van der Waals surface area contributed by atoms with Gasteiger partial charge >= 0.3 is 30.4 Å². The predicted octanol–water partition coefficient (Wildman–Crippen LogP) is -2.21. The van der Waals surface area contributed by atoms with Crippen molar-refractivity contribution in [2.75, 3.05) is 0 Å². The Hall–Kier alpha value is 3.41. The molecule has 40 valence electrons. The fraction of sp³-hybridized carbons (Fsp3) is 0. The van der Waals surface area contributed by atoms with Crippen molar-refractivity contribution in [1.29, 1.82) is 0 Å². The summed E-state index contributed by atoms with van der Waals surface area (Å²) in [4.78, 5) is 0. The van der Waals surface area contributed by atoms with E-state index in [-0.39, 0.29) is 108 Å². The largest absolute Gasteiger partial charge is 2.00 e. The molecule has 7 heavy (non-hydrogen) atoms. The minimum absolute atomic E-state index is 0. The molecule has 0 saturated carbocycles. The van der Waals surface area contributed by atoms with Crippen molar-refractivity contribution in [1.82, 2.24) is 0 Å². The van der Waals surface area contributed by atoms with Gasteiger partial charge < -0.3 is 17.9 Å². The van der Waals surface area contributed by atoms with Gasteiger partial charge in [-0.1, -0.05) is 0 Å². The Kier molecular flexibility index (Phi) is 51.9. The monoisotopic (exact) mass is 386 g/mol. The van der Waals surface area contributed by atoms with Crippen LogP contribution in [0.4, 0.5) is 0 Å². The molecule has 0 saturated heterocycles. The molecule has 0 aliphatic carbocycles. The van der Waals surface area contributed by atoms with Crippen LogP contribution in [0.3, 0.4) is 0 Å². The maximum Gasteiger partial charge on any atom is 2.00 e. The molecule has 0 aliphatic heterocycles. The first-order chi connectivity index (χ1) is 1.73. The van der Waals surface area contributed by atoms with Crippen LogP contribution < -0.4 is 0 Å². The van der Waals surface area contributed by atoms with E-state index in [1.54, 1.807) is 0 Å². The molecule has 0 spiro atoms. The van der Waals surface area contributed by atoms with E-state index in [0.717, 1.165) is 0 Å². The summed E-state index contributed by atoms with van der Waals surface area (Å²) < 4.78 is 0. The molecule has 0 aromatic rings. The molecule has 0 unspecified atom stereocenters. The zero-order valence-corrected chi connectivity index (χ0v) is 10.3. The van der Waals surface area contributed by atoms with E-state index in [1.165, 1.54) is 0 Å². The Labute approximate surface area is 127 Å². The van der Waals surface area contributed by atoms with Crippen molar-refractivity contribution in [2.45, 2.75) is 0 Å². The van der Waals surface area contributed by atoms with Gasteiger partial charge in [0.05, 0.1) is 0 Å². The third kappa shape index (κ3) is 44.4. The maximum atomic E-state index is 7.17. The summed E-state index contributed by atoms with van der Waals surface area (Å²) in [7, 11) is -2.17. The van der Waals surface area contributed by atoms with Crippen LogP contribution in [0.5, 0.6) is 0 Å². The van der Waals surface area contributed by atoms with Crippen molar-refractivity contribution < 1.29 is 99.6 Å². The normalized spacial score (nSPS) is 3.86. The summed E-state index contributed by atoms with van der Waals surface area (Å²) in [6.45, 7) is 0. The number of rotatable bonds is 0. The van der Waals surface area contributed by atoms with Gasteiger partial charge in [0.1, 0.15) is 0 Å². The van der Waals surface area contributed by atoms with E-state index in [1.807, 2.05) is 0 Å². The van der Waals surface area contributed by atoms with Crippen LogP contribution in [0.2, 0.25) is 0 Å². The van der Waals surface area contributed by atoms with E-state index < -0.39 is 7.32 Å². The van der Waals surface area contributed by atoms with Gasteiger partial charge in [0.15, 0.2) is 0 Å². The molecule has 0 heterocycles. The van der Waals surface area contributed by atoms with Crippen molar-refractivity contribution in [3.05, 3.63) is 0 Å². The Morgan fingerprint density at radius 3 is 1.14 bits per heavy atom. The fourth-order valence-electron chi connectivity index (χ4n) is 0. The van der Waals surface area contributed by atoms with Gasteiger partial charge in [0, 0.05) is 81.7 Å². The summed E-state index contributed by atoms with van der Waals surface area (Å²) in [5.74, 6) is 0. The molecular weight excluding hydrogens is 380 g/mol. The molecule has 0 amide bonds. The average molecular weight is 386 g/mol. The van der Waals surface area contributed by atoms with E-state index >= 15 is 0 Å². The smallest absolute Gasteiger partial charge is 1.00 e. The summed E-state index contributed by atoms with van der Waals surface area (Å²) in [5.41, 5.74) is 0. The predicted molar refractivity (Wildman–Crippen MR) is 20.4 cm³/mol. The third-order valence-corrected chi connectivity index (χ3v) is 0. The van der Waals surface area contributed by atoms with Gasteiger partial charge in [-0.15, -0.1) is 0 Å². The summed E-state index contributed by atoms with van der Waals surface area (Å²) in [5, 5.41) is 21.5. The van der Waals surface area contributed by atoms with E-state index in [9.17, 15) is 0 Å². The second-order valence-electron chi connectivity index (χ2n) is 0.346. The SMILES string of the molecule is OB(O)O.[Ce].[Gd].[H-].[H-].[Mg+2]. The molecule has 0 radical (unpaired) electrons. The van der Waals surface area contributed by atoms with E-state index in [4.69, 9.17) is 15.1 Å². The fourth-order valence-corrected chi connectivity index (χ4v) is 0. The van der Waals surface area contributed by atoms with E-state index in [2.05, 4.69) is 0 Å². The Bertz CT molecular complexity index is 26.5. The zero-order chi connectivity index (χ0) is 3.58. The van der Waals surface area contributed by atoms with Crippen molar-refractivity contribution in [3.63, 3.8) is 0 Å². The Balaban J connectivity index is -0.00000000450. The first kappa shape index (κ1) is 22.4. The molecule has 0 rings (SSSR count). The molecule has 3 N–H and O–H groups in total. The maximum absolute atomic E-state index is 7.17. The second-order valence-corrected chi connectivity index (χ2v) is 0.346. The van der Waals surface area contributed by atoms with Gasteiger partial charge in [-0.2, -0.15) is 0 Å².